The second kappa shape index (κ2) is 9.02. The van der Waals surface area contributed by atoms with Crippen molar-refractivity contribution >= 4 is 45.9 Å². The lowest BCUT2D eigenvalue weighted by Gasteiger charge is -2.01. The van der Waals surface area contributed by atoms with Crippen molar-refractivity contribution in [3.8, 4) is 0 Å². The van der Waals surface area contributed by atoms with E-state index in [0.29, 0.717) is 34.1 Å². The van der Waals surface area contributed by atoms with Gasteiger partial charge in [-0.1, -0.05) is 46.7 Å². The van der Waals surface area contributed by atoms with Gasteiger partial charge in [-0.2, -0.15) is 0 Å². The molecule has 0 bridgehead atoms. The summed E-state index contributed by atoms with van der Waals surface area (Å²) in [4.78, 5) is 23.7. The number of carbonyl (C=O) groups is 2. The SMILES string of the molecule is Cc1cc(N/C=C2/C(=O)Nc3ccccc32)no1.N/C(=C1\C(=O)Nc2ccccc21)c1ccon1. The van der Waals surface area contributed by atoms with E-state index < -0.39 is 0 Å². The predicted molar refractivity (Wildman–Crippen MR) is 130 cm³/mol. The summed E-state index contributed by atoms with van der Waals surface area (Å²) in [6.45, 7) is 1.81. The highest BCUT2D eigenvalue weighted by molar-refractivity contribution is 6.36. The lowest BCUT2D eigenvalue weighted by atomic mass is 10.0. The second-order valence-corrected chi connectivity index (χ2v) is 7.70. The molecule has 10 nitrogen and oxygen atoms in total. The Balaban J connectivity index is 0.000000145. The number of hydrogen-bond acceptors (Lipinski definition) is 8. The third-order valence-corrected chi connectivity index (χ3v) is 5.36. The van der Waals surface area contributed by atoms with Crippen molar-refractivity contribution in [1.82, 2.24) is 10.3 Å². The first kappa shape index (κ1) is 21.7. The molecule has 0 spiro atoms. The molecule has 0 unspecified atom stereocenters. The van der Waals surface area contributed by atoms with Crippen molar-refractivity contribution in [2.75, 3.05) is 16.0 Å². The molecule has 35 heavy (non-hydrogen) atoms. The molecule has 2 aliphatic heterocycles. The van der Waals surface area contributed by atoms with Crippen LogP contribution in [0, 0.1) is 6.92 Å². The number of nitrogens with zero attached hydrogens (tertiary/aromatic N) is 2. The average Bonchev–Trinajstić information content (AvgIpc) is 3.64. The van der Waals surface area contributed by atoms with E-state index in [1.54, 1.807) is 18.3 Å². The van der Waals surface area contributed by atoms with Crippen molar-refractivity contribution in [3.05, 3.63) is 95.7 Å². The molecule has 0 aliphatic carbocycles. The fraction of sp³-hybridized carbons (Fsp3) is 0.0400. The summed E-state index contributed by atoms with van der Waals surface area (Å²) >= 11 is 0. The first-order valence-corrected chi connectivity index (χ1v) is 10.6. The predicted octanol–water partition coefficient (Wildman–Crippen LogP) is 3.84. The molecule has 0 saturated carbocycles. The van der Waals surface area contributed by atoms with Crippen molar-refractivity contribution in [2.45, 2.75) is 6.92 Å². The van der Waals surface area contributed by atoms with Gasteiger partial charge in [-0.3, -0.25) is 9.59 Å². The van der Waals surface area contributed by atoms with Crippen molar-refractivity contribution < 1.29 is 18.6 Å². The van der Waals surface area contributed by atoms with E-state index in [9.17, 15) is 9.59 Å². The molecule has 0 saturated heterocycles. The van der Waals surface area contributed by atoms with Gasteiger partial charge in [0, 0.05) is 40.8 Å². The van der Waals surface area contributed by atoms with Crippen LogP contribution in [0.2, 0.25) is 0 Å². The van der Waals surface area contributed by atoms with Crippen molar-refractivity contribution in [3.63, 3.8) is 0 Å². The summed E-state index contributed by atoms with van der Waals surface area (Å²) < 4.78 is 9.66. The van der Waals surface area contributed by atoms with Crippen LogP contribution in [-0.2, 0) is 9.59 Å². The summed E-state index contributed by atoms with van der Waals surface area (Å²) in [7, 11) is 0. The largest absolute Gasteiger partial charge is 0.396 e. The van der Waals surface area contributed by atoms with Crippen LogP contribution in [0.5, 0.6) is 0 Å². The van der Waals surface area contributed by atoms with Crippen LogP contribution in [0.15, 0.2) is 82.2 Å². The van der Waals surface area contributed by atoms with E-state index in [4.69, 9.17) is 14.8 Å². The number of amides is 2. The number of carbonyl (C=O) groups excluding carboxylic acids is 2. The van der Waals surface area contributed by atoms with Crippen LogP contribution < -0.4 is 21.7 Å². The number of fused-ring (bicyclic) bond motifs is 2. The first-order valence-electron chi connectivity index (χ1n) is 10.6. The molecule has 2 aromatic heterocycles. The average molecular weight is 468 g/mol. The smallest absolute Gasteiger partial charge is 0.258 e. The monoisotopic (exact) mass is 468 g/mol. The molecule has 174 valence electrons. The fourth-order valence-electron chi connectivity index (χ4n) is 3.73. The number of rotatable bonds is 3. The Morgan fingerprint density at radius 1 is 0.943 bits per heavy atom. The van der Waals surface area contributed by atoms with Gasteiger partial charge >= 0.3 is 0 Å². The number of aryl methyl sites for hydroxylation is 1. The zero-order valence-corrected chi connectivity index (χ0v) is 18.5. The zero-order chi connectivity index (χ0) is 24.4. The number of aromatic nitrogens is 2. The molecule has 0 fully saturated rings. The summed E-state index contributed by atoms with van der Waals surface area (Å²) in [5.41, 5.74) is 11.0. The van der Waals surface area contributed by atoms with Gasteiger partial charge in [0.25, 0.3) is 11.8 Å². The van der Waals surface area contributed by atoms with Gasteiger partial charge in [-0.05, 0) is 19.1 Å². The van der Waals surface area contributed by atoms with Crippen LogP contribution in [0.3, 0.4) is 0 Å². The van der Waals surface area contributed by atoms with E-state index in [2.05, 4.69) is 26.3 Å². The minimum atomic E-state index is -0.216. The van der Waals surface area contributed by atoms with E-state index in [1.807, 2.05) is 55.5 Å². The van der Waals surface area contributed by atoms with Crippen LogP contribution in [0.25, 0.3) is 16.8 Å². The van der Waals surface area contributed by atoms with Gasteiger partial charge in [0.1, 0.15) is 17.7 Å². The Labute approximate surface area is 199 Å². The van der Waals surface area contributed by atoms with Crippen LogP contribution in [0.1, 0.15) is 22.6 Å². The molecule has 4 heterocycles. The maximum absolute atomic E-state index is 11.9. The minimum absolute atomic E-state index is 0.121. The van der Waals surface area contributed by atoms with Crippen molar-refractivity contribution in [2.24, 2.45) is 5.73 Å². The van der Waals surface area contributed by atoms with Crippen molar-refractivity contribution in [1.29, 1.82) is 0 Å². The number of para-hydroxylation sites is 2. The standard InChI is InChI=1S/C13H11N3O2.C12H9N3O2/c1-8-6-12(16-18-8)14-7-10-9-4-2-3-5-11(9)15-13(10)17;13-11(9-5-6-17-15-9)10-7-3-1-2-4-8(7)14-12(10)16/h2-7H,1H3,(H,14,16)(H,15,17);1-6H,13H2,(H,14,16)/b10-7+;11-10-. The fourth-order valence-corrected chi connectivity index (χ4v) is 3.73. The molecule has 2 aliphatic rings. The van der Waals surface area contributed by atoms with Gasteiger partial charge in [0.05, 0.1) is 16.8 Å². The molecule has 4 aromatic rings. The van der Waals surface area contributed by atoms with E-state index in [0.717, 1.165) is 22.5 Å². The zero-order valence-electron chi connectivity index (χ0n) is 18.5. The number of benzene rings is 2. The Morgan fingerprint density at radius 3 is 2.31 bits per heavy atom. The van der Waals surface area contributed by atoms with E-state index >= 15 is 0 Å². The molecule has 0 radical (unpaired) electrons. The highest BCUT2D eigenvalue weighted by Crippen LogP contribution is 2.34. The van der Waals surface area contributed by atoms with E-state index in [1.165, 1.54) is 6.26 Å². The third kappa shape index (κ3) is 4.27. The first-order chi connectivity index (χ1) is 17.0. The van der Waals surface area contributed by atoms with Gasteiger partial charge in [-0.25, -0.2) is 0 Å². The second-order valence-electron chi connectivity index (χ2n) is 7.70. The topological polar surface area (TPSA) is 148 Å². The maximum atomic E-state index is 11.9. The highest BCUT2D eigenvalue weighted by Gasteiger charge is 2.27. The summed E-state index contributed by atoms with van der Waals surface area (Å²) in [6.07, 6.45) is 3.06. The van der Waals surface area contributed by atoms with E-state index in [-0.39, 0.29) is 11.8 Å². The number of nitrogens with two attached hydrogens (primary N) is 1. The van der Waals surface area contributed by atoms with Gasteiger partial charge in [-0.15, -0.1) is 0 Å². The summed E-state index contributed by atoms with van der Waals surface area (Å²) in [6, 6.07) is 18.3. The molecular formula is C25H20N6O4. The third-order valence-electron chi connectivity index (χ3n) is 5.36. The maximum Gasteiger partial charge on any atom is 0.258 e. The summed E-state index contributed by atoms with van der Waals surface area (Å²) in [5.74, 6) is 0.958. The minimum Gasteiger partial charge on any atom is -0.396 e. The number of nitrogens with one attached hydrogen (secondary N) is 3. The van der Waals surface area contributed by atoms with Crippen LogP contribution >= 0.6 is 0 Å². The molecule has 10 heteroatoms. The lowest BCUT2D eigenvalue weighted by Crippen LogP contribution is -2.09. The summed E-state index contributed by atoms with van der Waals surface area (Å²) in [5, 5.41) is 16.0. The molecule has 2 amide bonds. The van der Waals surface area contributed by atoms with Gasteiger partial charge in [0.15, 0.2) is 5.82 Å². The lowest BCUT2D eigenvalue weighted by molar-refractivity contribution is -0.111. The normalized spacial score (nSPS) is 16.1. The van der Waals surface area contributed by atoms with Crippen LogP contribution in [0.4, 0.5) is 17.2 Å². The molecule has 0 atom stereocenters. The Kier molecular flexibility index (Phi) is 5.60. The van der Waals surface area contributed by atoms with Crippen LogP contribution in [-0.4, -0.2) is 22.1 Å². The quantitative estimate of drug-likeness (QED) is 0.332. The Morgan fingerprint density at radius 2 is 1.63 bits per heavy atom. The molecule has 5 N–H and O–H groups in total. The Hall–Kier alpha value is -5.12. The number of hydrogen-bond donors (Lipinski definition) is 4. The Bertz CT molecular complexity index is 1480. The highest BCUT2D eigenvalue weighted by atomic mass is 16.5. The molecular weight excluding hydrogens is 448 g/mol. The number of anilines is 3. The van der Waals surface area contributed by atoms with Gasteiger partial charge in [0.2, 0.25) is 0 Å². The molecule has 6 rings (SSSR count). The molecule has 2 aromatic carbocycles. The van der Waals surface area contributed by atoms with Gasteiger partial charge < -0.3 is 30.7 Å².